The molecule has 0 aliphatic heterocycles. The molecule has 0 radical (unpaired) electrons. The molecule has 4 rings (SSSR count). The summed E-state index contributed by atoms with van der Waals surface area (Å²) in [6, 6.07) is 1.75. The lowest BCUT2D eigenvalue weighted by Crippen LogP contribution is -2.27. The van der Waals surface area contributed by atoms with Gasteiger partial charge in [0.2, 0.25) is 5.75 Å². The topological polar surface area (TPSA) is 88.9 Å². The molecular formula is C22H22Br2N2O6S. The maximum Gasteiger partial charge on any atom is 0.262 e. The Bertz CT molecular complexity index is 1300. The molecule has 1 aromatic carbocycles. The first-order valence-corrected chi connectivity index (χ1v) is 12.6. The van der Waals surface area contributed by atoms with Crippen LogP contribution in [-0.2, 0) is 17.7 Å². The first-order chi connectivity index (χ1) is 15.9. The summed E-state index contributed by atoms with van der Waals surface area (Å²) < 4.78 is 23.9. The lowest BCUT2D eigenvalue weighted by molar-refractivity contribution is 0.0986. The highest BCUT2D eigenvalue weighted by Gasteiger charge is 2.32. The van der Waals surface area contributed by atoms with Crippen molar-refractivity contribution < 1.29 is 23.7 Å². The molecule has 0 N–H and O–H groups in total. The van der Waals surface area contributed by atoms with E-state index in [2.05, 4.69) is 31.9 Å². The number of ketones is 1. The predicted molar refractivity (Wildman–Crippen MR) is 134 cm³/mol. The van der Waals surface area contributed by atoms with Crippen molar-refractivity contribution in [1.29, 1.82) is 0 Å². The molecule has 176 valence electrons. The van der Waals surface area contributed by atoms with Gasteiger partial charge >= 0.3 is 0 Å². The van der Waals surface area contributed by atoms with E-state index in [1.54, 1.807) is 17.7 Å². The van der Waals surface area contributed by atoms with Crippen molar-refractivity contribution in [3.05, 3.63) is 31.3 Å². The fraction of sp³-hybridized carbons (Fsp3) is 0.409. The van der Waals surface area contributed by atoms with Crippen molar-refractivity contribution in [2.75, 3.05) is 35.0 Å². The maximum absolute atomic E-state index is 13.7. The Hall–Kier alpha value is -1.95. The lowest BCUT2D eigenvalue weighted by Gasteiger charge is -2.19. The first-order valence-electron chi connectivity index (χ1n) is 10.1. The molecule has 33 heavy (non-hydrogen) atoms. The molecule has 1 atom stereocenters. The van der Waals surface area contributed by atoms with Crippen molar-refractivity contribution >= 4 is 59.2 Å². The number of halogens is 2. The van der Waals surface area contributed by atoms with E-state index < -0.39 is 0 Å². The van der Waals surface area contributed by atoms with E-state index in [0.717, 1.165) is 5.56 Å². The summed E-state index contributed by atoms with van der Waals surface area (Å²) in [5.41, 5.74) is 1.18. The molecule has 11 heteroatoms. The molecule has 1 aliphatic rings. The highest BCUT2D eigenvalue weighted by molar-refractivity contribution is 9.10. The van der Waals surface area contributed by atoms with E-state index >= 15 is 0 Å². The van der Waals surface area contributed by atoms with Crippen LogP contribution in [0.1, 0.15) is 21.7 Å². The van der Waals surface area contributed by atoms with Gasteiger partial charge in [0.05, 0.1) is 54.0 Å². The highest BCUT2D eigenvalue weighted by atomic mass is 79.9. The predicted octanol–water partition coefficient (Wildman–Crippen LogP) is 4.45. The van der Waals surface area contributed by atoms with Gasteiger partial charge in [-0.15, -0.1) is 11.3 Å². The summed E-state index contributed by atoms with van der Waals surface area (Å²) in [5.74, 6) is 1.68. The van der Waals surface area contributed by atoms with E-state index in [9.17, 15) is 9.59 Å². The van der Waals surface area contributed by atoms with E-state index in [4.69, 9.17) is 23.9 Å². The number of aromatic nitrogens is 2. The molecule has 2 heterocycles. The summed E-state index contributed by atoms with van der Waals surface area (Å²) in [7, 11) is 6.15. The van der Waals surface area contributed by atoms with Crippen LogP contribution in [0.3, 0.4) is 0 Å². The smallest absolute Gasteiger partial charge is 0.262 e. The van der Waals surface area contributed by atoms with Gasteiger partial charge in [0.25, 0.3) is 5.56 Å². The maximum atomic E-state index is 13.7. The first kappa shape index (κ1) is 24.2. The Labute approximate surface area is 211 Å². The average Bonchev–Trinajstić information content (AvgIpc) is 3.19. The number of aryl methyl sites for hydroxylation is 1. The van der Waals surface area contributed by atoms with Crippen LogP contribution in [0.4, 0.5) is 0 Å². The van der Waals surface area contributed by atoms with E-state index in [1.165, 1.54) is 32.7 Å². The summed E-state index contributed by atoms with van der Waals surface area (Å²) in [5, 5.41) is 0.506. The van der Waals surface area contributed by atoms with Crippen molar-refractivity contribution in [3.8, 4) is 28.6 Å². The molecule has 1 aliphatic carbocycles. The zero-order chi connectivity index (χ0) is 23.9. The van der Waals surface area contributed by atoms with E-state index in [1.807, 2.05) is 0 Å². The molecule has 0 bridgehead atoms. The van der Waals surface area contributed by atoms with Gasteiger partial charge in [-0.3, -0.25) is 14.2 Å². The average molecular weight is 602 g/mol. The number of hydrogen-bond acceptors (Lipinski definition) is 8. The van der Waals surface area contributed by atoms with Gasteiger partial charge in [0.15, 0.2) is 17.3 Å². The number of fused-ring (bicyclic) bond motifs is 3. The molecule has 2 aromatic heterocycles. The van der Waals surface area contributed by atoms with E-state index in [0.29, 0.717) is 67.7 Å². The van der Waals surface area contributed by atoms with Crippen LogP contribution in [0, 0.1) is 0 Å². The summed E-state index contributed by atoms with van der Waals surface area (Å²) in [4.78, 5) is 32.3. The SMILES string of the molecule is COCCn1c(-c2cc(OC)c(OC)c(OC)c2Br)nc2sc3c(c2c1=O)CCC(Br)C3=O. The second-order valence-electron chi connectivity index (χ2n) is 7.35. The van der Waals surface area contributed by atoms with Gasteiger partial charge in [-0.05, 0) is 40.4 Å². The molecule has 0 spiro atoms. The minimum atomic E-state index is -0.238. The number of methoxy groups -OCH3 is 4. The molecule has 0 fully saturated rings. The minimum absolute atomic E-state index is 0.00221. The van der Waals surface area contributed by atoms with Crippen molar-refractivity contribution in [2.45, 2.75) is 24.2 Å². The summed E-state index contributed by atoms with van der Waals surface area (Å²) >= 11 is 8.30. The fourth-order valence-corrected chi connectivity index (χ4v) is 6.45. The minimum Gasteiger partial charge on any atom is -0.493 e. The van der Waals surface area contributed by atoms with Gasteiger partial charge < -0.3 is 18.9 Å². The number of carbonyl (C=O) groups is 1. The Kier molecular flexibility index (Phi) is 7.13. The number of benzene rings is 1. The number of rotatable bonds is 7. The quantitative estimate of drug-likeness (QED) is 0.370. The van der Waals surface area contributed by atoms with E-state index in [-0.39, 0.29) is 22.7 Å². The fourth-order valence-electron chi connectivity index (χ4n) is 4.00. The Balaban J connectivity index is 2.06. The Morgan fingerprint density at radius 3 is 2.52 bits per heavy atom. The van der Waals surface area contributed by atoms with Crippen molar-refractivity contribution in [2.24, 2.45) is 0 Å². The van der Waals surface area contributed by atoms with Gasteiger partial charge in [0.1, 0.15) is 10.7 Å². The number of carbonyl (C=O) groups excluding carboxylic acids is 1. The number of hydrogen-bond donors (Lipinski definition) is 0. The Morgan fingerprint density at radius 1 is 1.15 bits per heavy atom. The normalized spacial score (nSPS) is 15.6. The largest absolute Gasteiger partial charge is 0.493 e. The van der Waals surface area contributed by atoms with Crippen LogP contribution in [0.25, 0.3) is 21.6 Å². The van der Waals surface area contributed by atoms with Crippen LogP contribution < -0.4 is 19.8 Å². The zero-order valence-electron chi connectivity index (χ0n) is 18.5. The van der Waals surface area contributed by atoms with Crippen LogP contribution in [0.15, 0.2) is 15.3 Å². The third-order valence-corrected chi connectivity index (χ3v) is 8.40. The number of ether oxygens (including phenoxy) is 4. The number of Topliss-reactive ketones (excluding diaryl/α,β-unsaturated/α-hetero) is 1. The molecule has 0 amide bonds. The molecule has 0 saturated carbocycles. The van der Waals surface area contributed by atoms with Crippen LogP contribution in [-0.4, -0.2) is 55.2 Å². The standard InChI is InChI=1S/C22H22Br2N2O6S/c1-29-8-7-26-20(11-9-13(30-2)17(31-3)18(32-4)15(11)24)25-21-14(22(26)28)10-5-6-12(23)16(27)19(10)33-21/h9,12H,5-8H2,1-4H3. The third-order valence-electron chi connectivity index (χ3n) is 5.60. The molecule has 8 nitrogen and oxygen atoms in total. The lowest BCUT2D eigenvalue weighted by atomic mass is 9.96. The van der Waals surface area contributed by atoms with Gasteiger partial charge in [-0.2, -0.15) is 0 Å². The van der Waals surface area contributed by atoms with Crippen molar-refractivity contribution in [3.63, 3.8) is 0 Å². The summed E-state index contributed by atoms with van der Waals surface area (Å²) in [6.07, 6.45) is 1.29. The number of thiophene rings is 1. The molecular weight excluding hydrogens is 580 g/mol. The zero-order valence-corrected chi connectivity index (χ0v) is 22.5. The highest BCUT2D eigenvalue weighted by Crippen LogP contribution is 2.48. The second-order valence-corrected chi connectivity index (χ2v) is 10.2. The van der Waals surface area contributed by atoms with Crippen LogP contribution in [0.2, 0.25) is 0 Å². The molecule has 0 saturated heterocycles. The third kappa shape index (κ3) is 3.98. The van der Waals surface area contributed by atoms with Crippen LogP contribution >= 0.6 is 43.2 Å². The van der Waals surface area contributed by atoms with Gasteiger partial charge in [-0.1, -0.05) is 15.9 Å². The van der Waals surface area contributed by atoms with Crippen molar-refractivity contribution in [1.82, 2.24) is 9.55 Å². The number of alkyl halides is 1. The Morgan fingerprint density at radius 2 is 1.88 bits per heavy atom. The van der Waals surface area contributed by atoms with Gasteiger partial charge in [0, 0.05) is 12.7 Å². The summed E-state index contributed by atoms with van der Waals surface area (Å²) in [6.45, 7) is 0.604. The monoisotopic (exact) mass is 600 g/mol. The number of nitrogens with zero attached hydrogens (tertiary/aromatic N) is 2. The molecule has 3 aromatic rings. The van der Waals surface area contributed by atoms with Gasteiger partial charge in [-0.25, -0.2) is 4.98 Å². The second kappa shape index (κ2) is 9.73. The van der Waals surface area contributed by atoms with Crippen LogP contribution in [0.5, 0.6) is 17.2 Å². The molecule has 1 unspecified atom stereocenters.